The number of benzene rings is 2. The molecule has 0 aliphatic carbocycles. The van der Waals surface area contributed by atoms with Crippen molar-refractivity contribution in [2.45, 2.75) is 32.2 Å². The number of hydrogen-bond acceptors (Lipinski definition) is 4. The highest BCUT2D eigenvalue weighted by molar-refractivity contribution is 5.76. The van der Waals surface area contributed by atoms with Gasteiger partial charge in [0, 0.05) is 24.8 Å². The average molecular weight is 368 g/mol. The molecular formula is C22H28N2O3. The van der Waals surface area contributed by atoms with Crippen LogP contribution in [0.3, 0.4) is 0 Å². The number of carbonyl (C=O) groups excluding carboxylic acids is 1. The first-order chi connectivity index (χ1) is 13.2. The zero-order valence-electron chi connectivity index (χ0n) is 16.1. The van der Waals surface area contributed by atoms with E-state index in [9.17, 15) is 4.79 Å². The van der Waals surface area contributed by atoms with Crippen LogP contribution in [0.5, 0.6) is 11.5 Å². The van der Waals surface area contributed by atoms with Gasteiger partial charge in [-0.15, -0.1) is 0 Å². The lowest BCUT2D eigenvalue weighted by molar-refractivity contribution is -0.122. The van der Waals surface area contributed by atoms with Crippen molar-refractivity contribution in [1.82, 2.24) is 5.32 Å². The van der Waals surface area contributed by atoms with Gasteiger partial charge in [0.25, 0.3) is 0 Å². The third-order valence-corrected chi connectivity index (χ3v) is 4.81. The Bertz CT molecular complexity index is 748. The molecule has 5 nitrogen and oxygen atoms in total. The lowest BCUT2D eigenvalue weighted by Gasteiger charge is -2.34. The molecule has 0 saturated carbocycles. The molecule has 2 aromatic rings. The van der Waals surface area contributed by atoms with Crippen LogP contribution in [-0.2, 0) is 4.79 Å². The van der Waals surface area contributed by atoms with Crippen LogP contribution in [0.25, 0.3) is 0 Å². The van der Waals surface area contributed by atoms with Gasteiger partial charge in [0.05, 0.1) is 20.1 Å². The fourth-order valence-corrected chi connectivity index (χ4v) is 3.42. The molecule has 0 spiro atoms. The second-order valence-corrected chi connectivity index (χ2v) is 6.94. The molecule has 0 radical (unpaired) electrons. The molecular weight excluding hydrogens is 340 g/mol. The molecule has 1 atom stereocenters. The summed E-state index contributed by atoms with van der Waals surface area (Å²) in [7, 11) is 1.62. The number of methoxy groups -OCH3 is 1. The molecule has 1 N–H and O–H groups in total. The number of para-hydroxylation sites is 1. The van der Waals surface area contributed by atoms with E-state index < -0.39 is 0 Å². The van der Waals surface area contributed by atoms with Crippen molar-refractivity contribution < 1.29 is 14.3 Å². The number of nitrogens with one attached hydrogen (secondary N) is 1. The lowest BCUT2D eigenvalue weighted by Crippen LogP contribution is -2.48. The van der Waals surface area contributed by atoms with Gasteiger partial charge in [0.15, 0.2) is 11.5 Å². The molecule has 1 saturated heterocycles. The molecule has 144 valence electrons. The van der Waals surface area contributed by atoms with Gasteiger partial charge in [0.1, 0.15) is 0 Å². The van der Waals surface area contributed by atoms with Gasteiger partial charge in [-0.2, -0.15) is 0 Å². The Hall–Kier alpha value is -2.69. The fraction of sp³-hybridized carbons (Fsp3) is 0.409. The Morgan fingerprint density at radius 3 is 2.78 bits per heavy atom. The highest BCUT2D eigenvalue weighted by atomic mass is 16.5. The Kier molecular flexibility index (Phi) is 6.58. The molecule has 2 aromatic carbocycles. The Morgan fingerprint density at radius 2 is 2.00 bits per heavy atom. The zero-order chi connectivity index (χ0) is 19.1. The molecule has 0 bridgehead atoms. The van der Waals surface area contributed by atoms with Crippen molar-refractivity contribution in [3.63, 3.8) is 0 Å². The van der Waals surface area contributed by atoms with Gasteiger partial charge in [-0.3, -0.25) is 4.79 Å². The quantitative estimate of drug-likeness (QED) is 0.812. The monoisotopic (exact) mass is 368 g/mol. The number of amides is 1. The second-order valence-electron chi connectivity index (χ2n) is 6.94. The first kappa shape index (κ1) is 19.1. The minimum atomic E-state index is 0.0287. The van der Waals surface area contributed by atoms with Crippen molar-refractivity contribution in [3.05, 3.63) is 54.1 Å². The summed E-state index contributed by atoms with van der Waals surface area (Å²) in [5, 5.41) is 3.15. The minimum Gasteiger partial charge on any atom is -0.493 e. The van der Waals surface area contributed by atoms with Crippen LogP contribution in [0.2, 0.25) is 0 Å². The third kappa shape index (κ3) is 5.39. The van der Waals surface area contributed by atoms with Crippen molar-refractivity contribution >= 4 is 11.6 Å². The summed E-state index contributed by atoms with van der Waals surface area (Å²) in [5.41, 5.74) is 2.32. The Labute approximate surface area is 161 Å². The molecule has 0 aromatic heterocycles. The number of rotatable bonds is 7. The predicted molar refractivity (Wildman–Crippen MR) is 108 cm³/mol. The van der Waals surface area contributed by atoms with Crippen LogP contribution in [0.15, 0.2) is 48.5 Å². The maximum absolute atomic E-state index is 12.3. The van der Waals surface area contributed by atoms with Crippen LogP contribution in [-0.4, -0.2) is 38.8 Å². The molecule has 5 heteroatoms. The van der Waals surface area contributed by atoms with E-state index in [-0.39, 0.29) is 11.9 Å². The number of ether oxygens (including phenoxy) is 2. The highest BCUT2D eigenvalue weighted by Gasteiger charge is 2.21. The maximum atomic E-state index is 12.3. The van der Waals surface area contributed by atoms with Gasteiger partial charge in [-0.1, -0.05) is 24.3 Å². The summed E-state index contributed by atoms with van der Waals surface area (Å²) in [6.07, 6.45) is 2.43. The summed E-state index contributed by atoms with van der Waals surface area (Å²) in [4.78, 5) is 14.6. The lowest BCUT2D eigenvalue weighted by atomic mass is 10.0. The van der Waals surface area contributed by atoms with E-state index in [1.54, 1.807) is 7.11 Å². The molecule has 1 aliphatic heterocycles. The number of aryl methyl sites for hydroxylation is 1. The van der Waals surface area contributed by atoms with E-state index in [0.717, 1.165) is 31.5 Å². The van der Waals surface area contributed by atoms with Crippen molar-refractivity contribution in [2.24, 2.45) is 0 Å². The summed E-state index contributed by atoms with van der Waals surface area (Å²) in [5.74, 6) is 1.39. The first-order valence-corrected chi connectivity index (χ1v) is 9.52. The third-order valence-electron chi connectivity index (χ3n) is 4.81. The number of anilines is 1. The van der Waals surface area contributed by atoms with Crippen molar-refractivity contribution in [2.75, 3.05) is 31.7 Å². The van der Waals surface area contributed by atoms with E-state index in [0.29, 0.717) is 24.5 Å². The number of piperidine rings is 1. The molecule has 1 heterocycles. The normalized spacial score (nSPS) is 16.7. The van der Waals surface area contributed by atoms with Crippen LogP contribution in [0.1, 0.15) is 24.8 Å². The fourth-order valence-electron chi connectivity index (χ4n) is 3.42. The van der Waals surface area contributed by atoms with Crippen LogP contribution in [0, 0.1) is 6.92 Å². The topological polar surface area (TPSA) is 50.8 Å². The van der Waals surface area contributed by atoms with Crippen molar-refractivity contribution in [1.29, 1.82) is 0 Å². The summed E-state index contributed by atoms with van der Waals surface area (Å²) >= 11 is 0. The van der Waals surface area contributed by atoms with Crippen LogP contribution >= 0.6 is 0 Å². The molecule has 3 rings (SSSR count). The van der Waals surface area contributed by atoms with Gasteiger partial charge in [-0.25, -0.2) is 0 Å². The molecule has 1 fully saturated rings. The van der Waals surface area contributed by atoms with Crippen molar-refractivity contribution in [3.8, 4) is 11.5 Å². The molecule has 27 heavy (non-hydrogen) atoms. The number of hydrogen-bond donors (Lipinski definition) is 1. The highest BCUT2D eigenvalue weighted by Crippen LogP contribution is 2.27. The maximum Gasteiger partial charge on any atom is 0.223 e. The van der Waals surface area contributed by atoms with Gasteiger partial charge >= 0.3 is 0 Å². The summed E-state index contributed by atoms with van der Waals surface area (Å²) in [6.45, 7) is 4.22. The molecule has 1 aliphatic rings. The SMILES string of the molecule is COc1cc(C)ccc1OCCC(=O)NC1CCCN(c2ccccc2)C1. The second kappa shape index (κ2) is 9.31. The van der Waals surface area contributed by atoms with Crippen LogP contribution in [0.4, 0.5) is 5.69 Å². The van der Waals surface area contributed by atoms with Gasteiger partial charge in [-0.05, 0) is 49.6 Å². The summed E-state index contributed by atoms with van der Waals surface area (Å²) in [6, 6.07) is 16.3. The molecule has 1 unspecified atom stereocenters. The minimum absolute atomic E-state index is 0.0287. The Balaban J connectivity index is 1.45. The predicted octanol–water partition coefficient (Wildman–Crippen LogP) is 3.56. The van der Waals surface area contributed by atoms with Crippen LogP contribution < -0.4 is 19.7 Å². The van der Waals surface area contributed by atoms with E-state index in [4.69, 9.17) is 9.47 Å². The zero-order valence-corrected chi connectivity index (χ0v) is 16.1. The largest absolute Gasteiger partial charge is 0.493 e. The number of nitrogens with zero attached hydrogens (tertiary/aromatic N) is 1. The standard InChI is InChI=1S/C22H28N2O3/c1-17-10-11-20(21(15-17)26-2)27-14-12-22(25)23-18-7-6-13-24(16-18)19-8-4-3-5-9-19/h3-5,8-11,15,18H,6-7,12-14,16H2,1-2H3,(H,23,25). The van der Waals surface area contributed by atoms with E-state index in [2.05, 4.69) is 22.3 Å². The Morgan fingerprint density at radius 1 is 1.19 bits per heavy atom. The van der Waals surface area contributed by atoms with E-state index >= 15 is 0 Å². The average Bonchev–Trinajstić information content (AvgIpc) is 2.70. The van der Waals surface area contributed by atoms with E-state index in [1.807, 2.05) is 43.3 Å². The van der Waals surface area contributed by atoms with Gasteiger partial charge in [0.2, 0.25) is 5.91 Å². The van der Waals surface area contributed by atoms with E-state index in [1.165, 1.54) is 5.69 Å². The number of carbonyl (C=O) groups is 1. The molecule has 1 amide bonds. The first-order valence-electron chi connectivity index (χ1n) is 9.52. The van der Waals surface area contributed by atoms with Gasteiger partial charge < -0.3 is 19.7 Å². The smallest absolute Gasteiger partial charge is 0.223 e. The summed E-state index contributed by atoms with van der Waals surface area (Å²) < 4.78 is 11.1.